The topological polar surface area (TPSA) is 21.3 Å². The van der Waals surface area contributed by atoms with Crippen LogP contribution in [0.4, 0.5) is 0 Å². The van der Waals surface area contributed by atoms with Gasteiger partial charge in [-0.3, -0.25) is 0 Å². The van der Waals surface area contributed by atoms with Crippen LogP contribution >= 0.6 is 0 Å². The molecule has 0 radical (unpaired) electrons. The lowest BCUT2D eigenvalue weighted by atomic mass is 9.97. The number of rotatable bonds is 6. The number of benzene rings is 2. The maximum Gasteiger partial charge on any atom is 0.0574 e. The zero-order chi connectivity index (χ0) is 14.4. The molecule has 0 aliphatic heterocycles. The van der Waals surface area contributed by atoms with Crippen LogP contribution in [0.1, 0.15) is 28.3 Å². The van der Waals surface area contributed by atoms with Gasteiger partial charge in [0.2, 0.25) is 0 Å². The molecule has 1 N–H and O–H groups in total. The molecule has 2 aromatic carbocycles. The molecule has 0 aromatic heterocycles. The molecule has 0 bridgehead atoms. The van der Waals surface area contributed by atoms with Crippen LogP contribution in [0.5, 0.6) is 0 Å². The molecule has 2 nitrogen and oxygen atoms in total. The van der Waals surface area contributed by atoms with E-state index in [4.69, 9.17) is 4.74 Å². The first-order valence-electron chi connectivity index (χ1n) is 7.06. The third-order valence-corrected chi connectivity index (χ3v) is 3.61. The van der Waals surface area contributed by atoms with Crippen LogP contribution < -0.4 is 5.32 Å². The highest BCUT2D eigenvalue weighted by Crippen LogP contribution is 2.22. The minimum atomic E-state index is 0.243. The van der Waals surface area contributed by atoms with Gasteiger partial charge in [-0.1, -0.05) is 54.1 Å². The minimum absolute atomic E-state index is 0.243. The van der Waals surface area contributed by atoms with Gasteiger partial charge >= 0.3 is 0 Å². The molecule has 2 rings (SSSR count). The van der Waals surface area contributed by atoms with Crippen molar-refractivity contribution in [2.75, 3.05) is 20.8 Å². The fourth-order valence-corrected chi connectivity index (χ4v) is 2.38. The van der Waals surface area contributed by atoms with Crippen LogP contribution in [-0.4, -0.2) is 20.8 Å². The van der Waals surface area contributed by atoms with Gasteiger partial charge in [-0.25, -0.2) is 0 Å². The van der Waals surface area contributed by atoms with Crippen molar-refractivity contribution in [3.63, 3.8) is 0 Å². The van der Waals surface area contributed by atoms with Crippen molar-refractivity contribution < 1.29 is 4.74 Å². The molecule has 0 aliphatic rings. The monoisotopic (exact) mass is 269 g/mol. The maximum absolute atomic E-state index is 5.11. The molecule has 0 saturated carbocycles. The van der Waals surface area contributed by atoms with Crippen LogP contribution in [0.15, 0.2) is 48.5 Å². The summed E-state index contributed by atoms with van der Waals surface area (Å²) in [6.45, 7) is 2.88. The Morgan fingerprint density at radius 1 is 0.950 bits per heavy atom. The normalized spacial score (nSPS) is 12.3. The van der Waals surface area contributed by atoms with E-state index in [1.54, 1.807) is 7.11 Å². The van der Waals surface area contributed by atoms with Crippen LogP contribution in [-0.2, 0) is 11.2 Å². The molecule has 106 valence electrons. The zero-order valence-corrected chi connectivity index (χ0v) is 12.5. The zero-order valence-electron chi connectivity index (χ0n) is 12.5. The third-order valence-electron chi connectivity index (χ3n) is 3.61. The molecule has 1 atom stereocenters. The predicted molar refractivity (Wildman–Crippen MR) is 84.1 cm³/mol. The first-order valence-corrected chi connectivity index (χ1v) is 7.06. The van der Waals surface area contributed by atoms with Gasteiger partial charge in [-0.15, -0.1) is 0 Å². The van der Waals surface area contributed by atoms with Crippen molar-refractivity contribution >= 4 is 0 Å². The summed E-state index contributed by atoms with van der Waals surface area (Å²) in [4.78, 5) is 0. The highest BCUT2D eigenvalue weighted by Gasteiger charge is 2.11. The Morgan fingerprint density at radius 3 is 2.00 bits per heavy atom. The van der Waals surface area contributed by atoms with E-state index in [1.165, 1.54) is 22.3 Å². The molecule has 0 heterocycles. The summed E-state index contributed by atoms with van der Waals surface area (Å²) in [5.41, 5.74) is 5.19. The molecular weight excluding hydrogens is 246 g/mol. The van der Waals surface area contributed by atoms with Gasteiger partial charge in [-0.05, 0) is 37.1 Å². The van der Waals surface area contributed by atoms with Gasteiger partial charge in [0.15, 0.2) is 0 Å². The Bertz CT molecular complexity index is 516. The predicted octanol–water partition coefficient (Wildman–Crippen LogP) is 3.49. The molecule has 0 fully saturated rings. The highest BCUT2D eigenvalue weighted by atomic mass is 16.5. The number of ether oxygens (including phenoxy) is 1. The summed E-state index contributed by atoms with van der Waals surface area (Å²) in [7, 11) is 3.74. The van der Waals surface area contributed by atoms with Crippen molar-refractivity contribution in [2.24, 2.45) is 0 Å². The molecule has 0 aliphatic carbocycles. The Balaban J connectivity index is 2.17. The molecule has 2 aromatic rings. The quantitative estimate of drug-likeness (QED) is 0.866. The summed E-state index contributed by atoms with van der Waals surface area (Å²) < 4.78 is 5.11. The Morgan fingerprint density at radius 2 is 1.50 bits per heavy atom. The summed E-state index contributed by atoms with van der Waals surface area (Å²) in [5.74, 6) is 0. The lowest BCUT2D eigenvalue weighted by Crippen LogP contribution is -2.17. The SMILES string of the molecule is CNC(c1ccc(C)cc1)c1ccc(CCOC)cc1. The first-order chi connectivity index (χ1) is 9.74. The molecule has 0 amide bonds. The van der Waals surface area contributed by atoms with Crippen molar-refractivity contribution in [3.05, 3.63) is 70.8 Å². The second kappa shape index (κ2) is 7.22. The van der Waals surface area contributed by atoms with Crippen LogP contribution in [0, 0.1) is 6.92 Å². The van der Waals surface area contributed by atoms with E-state index in [-0.39, 0.29) is 6.04 Å². The van der Waals surface area contributed by atoms with Crippen LogP contribution in [0.2, 0.25) is 0 Å². The molecule has 1 unspecified atom stereocenters. The number of hydrogen-bond donors (Lipinski definition) is 1. The third kappa shape index (κ3) is 3.69. The molecular formula is C18H23NO. The Hall–Kier alpha value is -1.64. The maximum atomic E-state index is 5.11. The van der Waals surface area contributed by atoms with Crippen molar-refractivity contribution in [1.29, 1.82) is 0 Å². The average Bonchev–Trinajstić information content (AvgIpc) is 2.49. The second-order valence-corrected chi connectivity index (χ2v) is 5.12. The molecule has 20 heavy (non-hydrogen) atoms. The summed E-state index contributed by atoms with van der Waals surface area (Å²) in [5, 5.41) is 3.39. The molecule has 0 spiro atoms. The molecule has 2 heteroatoms. The van der Waals surface area contributed by atoms with E-state index in [2.05, 4.69) is 60.8 Å². The van der Waals surface area contributed by atoms with E-state index in [0.717, 1.165) is 13.0 Å². The number of aryl methyl sites for hydroxylation is 1. The Kier molecular flexibility index (Phi) is 5.33. The van der Waals surface area contributed by atoms with Gasteiger partial charge in [0.1, 0.15) is 0 Å². The largest absolute Gasteiger partial charge is 0.384 e. The summed E-state index contributed by atoms with van der Waals surface area (Å²) in [6, 6.07) is 17.7. The average molecular weight is 269 g/mol. The summed E-state index contributed by atoms with van der Waals surface area (Å²) in [6.07, 6.45) is 0.964. The fraction of sp³-hybridized carbons (Fsp3) is 0.333. The number of methoxy groups -OCH3 is 1. The van der Waals surface area contributed by atoms with E-state index in [9.17, 15) is 0 Å². The Labute approximate surface area is 121 Å². The lowest BCUT2D eigenvalue weighted by Gasteiger charge is -2.18. The van der Waals surface area contributed by atoms with Gasteiger partial charge in [-0.2, -0.15) is 0 Å². The van der Waals surface area contributed by atoms with Gasteiger partial charge < -0.3 is 10.1 Å². The smallest absolute Gasteiger partial charge is 0.0574 e. The van der Waals surface area contributed by atoms with Crippen molar-refractivity contribution in [2.45, 2.75) is 19.4 Å². The van der Waals surface area contributed by atoms with E-state index >= 15 is 0 Å². The van der Waals surface area contributed by atoms with Crippen molar-refractivity contribution in [3.8, 4) is 0 Å². The van der Waals surface area contributed by atoms with E-state index < -0.39 is 0 Å². The number of nitrogens with one attached hydrogen (secondary N) is 1. The number of hydrogen-bond acceptors (Lipinski definition) is 2. The van der Waals surface area contributed by atoms with Crippen LogP contribution in [0.3, 0.4) is 0 Å². The fourth-order valence-electron chi connectivity index (χ4n) is 2.38. The highest BCUT2D eigenvalue weighted by molar-refractivity contribution is 5.34. The van der Waals surface area contributed by atoms with Crippen molar-refractivity contribution in [1.82, 2.24) is 5.32 Å². The van der Waals surface area contributed by atoms with Gasteiger partial charge in [0.05, 0.1) is 12.6 Å². The minimum Gasteiger partial charge on any atom is -0.384 e. The van der Waals surface area contributed by atoms with E-state index in [1.807, 2.05) is 7.05 Å². The summed E-state index contributed by atoms with van der Waals surface area (Å²) >= 11 is 0. The molecule has 0 saturated heterocycles. The van der Waals surface area contributed by atoms with Gasteiger partial charge in [0, 0.05) is 7.11 Å². The van der Waals surface area contributed by atoms with Crippen LogP contribution in [0.25, 0.3) is 0 Å². The lowest BCUT2D eigenvalue weighted by molar-refractivity contribution is 0.202. The van der Waals surface area contributed by atoms with Gasteiger partial charge in [0.25, 0.3) is 0 Å². The second-order valence-electron chi connectivity index (χ2n) is 5.12. The standard InChI is InChI=1S/C18H23NO/c1-14-4-8-16(9-5-14)18(19-2)17-10-6-15(7-11-17)12-13-20-3/h4-11,18-19H,12-13H2,1-3H3. The first kappa shape index (κ1) is 14.8. The van der Waals surface area contributed by atoms with E-state index in [0.29, 0.717) is 0 Å².